The Bertz CT molecular complexity index is 753. The molecule has 2 rings (SSSR count). The maximum atomic E-state index is 13.3. The number of ether oxygens (including phenoxy) is 1. The molecule has 0 aliphatic carbocycles. The van der Waals surface area contributed by atoms with Crippen LogP contribution in [0.3, 0.4) is 0 Å². The molecule has 0 aromatic heterocycles. The van der Waals surface area contributed by atoms with Gasteiger partial charge < -0.3 is 9.64 Å². The maximum absolute atomic E-state index is 13.3. The van der Waals surface area contributed by atoms with Crippen LogP contribution in [0.1, 0.15) is 11.1 Å². The predicted octanol–water partition coefficient (Wildman–Crippen LogP) is 4.48. The molecule has 2 aromatic carbocycles. The summed E-state index contributed by atoms with van der Waals surface area (Å²) >= 11 is 0. The lowest BCUT2D eigenvalue weighted by Gasteiger charge is -2.18. The molecule has 26 heavy (non-hydrogen) atoms. The van der Waals surface area contributed by atoms with Crippen molar-refractivity contribution >= 4 is 11.5 Å². The lowest BCUT2D eigenvalue weighted by Crippen LogP contribution is -2.30. The summed E-state index contributed by atoms with van der Waals surface area (Å²) in [6.07, 6.45) is -3.99. The fourth-order valence-corrected chi connectivity index (χ4v) is 2.23. The van der Waals surface area contributed by atoms with Crippen LogP contribution in [0.4, 0.5) is 13.2 Å². The second kappa shape index (κ2) is 8.56. The Hall–Kier alpha value is -2.76. The summed E-state index contributed by atoms with van der Waals surface area (Å²) in [6.45, 7) is 2.31. The summed E-state index contributed by atoms with van der Waals surface area (Å²) in [4.78, 5) is 13.4. The zero-order valence-corrected chi connectivity index (χ0v) is 14.6. The first-order valence-corrected chi connectivity index (χ1v) is 8.06. The van der Waals surface area contributed by atoms with Crippen molar-refractivity contribution in [3.8, 4) is 5.75 Å². The lowest BCUT2D eigenvalue weighted by molar-refractivity contribution is -0.125. The highest BCUT2D eigenvalue weighted by Gasteiger charge is 2.35. The quantitative estimate of drug-likeness (QED) is 0.709. The van der Waals surface area contributed by atoms with E-state index in [1.165, 1.54) is 36.2 Å². The number of carbonyl (C=O) groups excluding carboxylic acids is 1. The third-order valence-electron chi connectivity index (χ3n) is 3.75. The van der Waals surface area contributed by atoms with Gasteiger partial charge in [0, 0.05) is 13.1 Å². The number of amides is 1. The second-order valence-electron chi connectivity index (χ2n) is 5.84. The van der Waals surface area contributed by atoms with E-state index in [0.29, 0.717) is 11.8 Å². The van der Waals surface area contributed by atoms with Crippen LogP contribution >= 0.6 is 0 Å². The number of alkyl halides is 3. The highest BCUT2D eigenvalue weighted by Crippen LogP contribution is 2.33. The van der Waals surface area contributed by atoms with E-state index in [4.69, 9.17) is 4.74 Å². The van der Waals surface area contributed by atoms with E-state index in [1.807, 2.05) is 19.1 Å². The maximum Gasteiger partial charge on any atom is 0.417 e. The molecule has 0 radical (unpaired) electrons. The molecule has 0 atom stereocenters. The van der Waals surface area contributed by atoms with Gasteiger partial charge in [0.2, 0.25) is 5.91 Å². The van der Waals surface area contributed by atoms with Gasteiger partial charge in [-0.2, -0.15) is 13.2 Å². The Balaban J connectivity index is 2.01. The number of allylic oxidation sites excluding steroid dienone is 1. The lowest BCUT2D eigenvalue weighted by atomic mass is 10.0. The van der Waals surface area contributed by atoms with Crippen molar-refractivity contribution in [3.05, 3.63) is 71.8 Å². The fraction of sp³-hybridized carbons (Fsp3) is 0.250. The first-order chi connectivity index (χ1) is 12.3. The SMILES string of the molecule is Cc1ccc(OCCN(C)C(=O)/C=C(/c2ccccc2)C(F)(F)F)cc1. The van der Waals surface area contributed by atoms with Gasteiger partial charge in [0.15, 0.2) is 0 Å². The molecule has 3 nitrogen and oxygen atoms in total. The average Bonchev–Trinajstić information content (AvgIpc) is 2.60. The van der Waals surface area contributed by atoms with Crippen molar-refractivity contribution in [1.82, 2.24) is 4.90 Å². The molecular weight excluding hydrogens is 343 g/mol. The number of benzene rings is 2. The Kier molecular flexibility index (Phi) is 6.44. The summed E-state index contributed by atoms with van der Waals surface area (Å²) in [7, 11) is 1.44. The van der Waals surface area contributed by atoms with Crippen molar-refractivity contribution in [2.45, 2.75) is 13.1 Å². The second-order valence-corrected chi connectivity index (χ2v) is 5.84. The van der Waals surface area contributed by atoms with Gasteiger partial charge >= 0.3 is 6.18 Å². The molecule has 0 heterocycles. The van der Waals surface area contributed by atoms with Crippen LogP contribution in [0, 0.1) is 6.92 Å². The molecule has 0 N–H and O–H groups in total. The molecule has 0 bridgehead atoms. The number of rotatable bonds is 6. The first-order valence-electron chi connectivity index (χ1n) is 8.06. The number of likely N-dealkylation sites (N-methyl/N-ethyl adjacent to an activating group) is 1. The highest BCUT2D eigenvalue weighted by atomic mass is 19.4. The molecule has 0 unspecified atom stereocenters. The van der Waals surface area contributed by atoms with Gasteiger partial charge in [0.1, 0.15) is 12.4 Å². The molecule has 0 aliphatic rings. The molecule has 0 spiro atoms. The van der Waals surface area contributed by atoms with Crippen LogP contribution in [-0.2, 0) is 4.79 Å². The predicted molar refractivity (Wildman–Crippen MR) is 94.8 cm³/mol. The van der Waals surface area contributed by atoms with Crippen LogP contribution < -0.4 is 4.74 Å². The van der Waals surface area contributed by atoms with E-state index in [-0.39, 0.29) is 18.7 Å². The van der Waals surface area contributed by atoms with Crippen LogP contribution in [0.2, 0.25) is 0 Å². The third-order valence-corrected chi connectivity index (χ3v) is 3.75. The summed E-state index contributed by atoms with van der Waals surface area (Å²) in [5, 5.41) is 0. The van der Waals surface area contributed by atoms with Gasteiger partial charge in [-0.1, -0.05) is 48.0 Å². The third kappa shape index (κ3) is 5.65. The highest BCUT2D eigenvalue weighted by molar-refractivity contribution is 5.96. The topological polar surface area (TPSA) is 29.5 Å². The Morgan fingerprint density at radius 2 is 1.69 bits per heavy atom. The van der Waals surface area contributed by atoms with E-state index in [0.717, 1.165) is 5.56 Å². The van der Waals surface area contributed by atoms with E-state index in [2.05, 4.69) is 0 Å². The summed E-state index contributed by atoms with van der Waals surface area (Å²) < 4.78 is 45.3. The Morgan fingerprint density at radius 1 is 1.08 bits per heavy atom. The number of aryl methyl sites for hydroxylation is 1. The number of halogens is 3. The Labute approximate surface area is 150 Å². The number of carbonyl (C=O) groups is 1. The fourth-order valence-electron chi connectivity index (χ4n) is 2.23. The van der Waals surface area contributed by atoms with Crippen molar-refractivity contribution in [2.75, 3.05) is 20.2 Å². The zero-order chi connectivity index (χ0) is 19.2. The van der Waals surface area contributed by atoms with Crippen LogP contribution in [0.25, 0.3) is 5.57 Å². The summed E-state index contributed by atoms with van der Waals surface area (Å²) in [5.41, 5.74) is 0.0856. The minimum Gasteiger partial charge on any atom is -0.492 e. The van der Waals surface area contributed by atoms with Crippen molar-refractivity contribution < 1.29 is 22.7 Å². The zero-order valence-electron chi connectivity index (χ0n) is 14.6. The average molecular weight is 363 g/mol. The normalized spacial score (nSPS) is 12.0. The molecule has 1 amide bonds. The van der Waals surface area contributed by atoms with Crippen molar-refractivity contribution in [2.24, 2.45) is 0 Å². The summed E-state index contributed by atoms with van der Waals surface area (Å²) in [6, 6.07) is 14.7. The Morgan fingerprint density at radius 3 is 2.27 bits per heavy atom. The van der Waals surface area contributed by atoms with Gasteiger partial charge in [0.25, 0.3) is 0 Å². The van der Waals surface area contributed by atoms with Crippen LogP contribution in [0.5, 0.6) is 5.75 Å². The molecular formula is C20H20F3NO2. The van der Waals surface area contributed by atoms with Crippen molar-refractivity contribution in [3.63, 3.8) is 0 Å². The standard InChI is InChI=1S/C20H20F3NO2/c1-15-8-10-17(11-9-15)26-13-12-24(2)19(25)14-18(20(21,22)23)16-6-4-3-5-7-16/h3-11,14H,12-13H2,1-2H3/b18-14-. The number of hydrogen-bond donors (Lipinski definition) is 0. The number of nitrogens with zero attached hydrogens (tertiary/aromatic N) is 1. The monoisotopic (exact) mass is 363 g/mol. The van der Waals surface area contributed by atoms with Crippen LogP contribution in [0.15, 0.2) is 60.7 Å². The molecule has 6 heteroatoms. The molecule has 2 aromatic rings. The van der Waals surface area contributed by atoms with Crippen molar-refractivity contribution in [1.29, 1.82) is 0 Å². The van der Waals surface area contributed by atoms with Gasteiger partial charge in [-0.25, -0.2) is 0 Å². The van der Waals surface area contributed by atoms with Crippen LogP contribution in [-0.4, -0.2) is 37.2 Å². The molecule has 138 valence electrons. The molecule has 0 saturated carbocycles. The molecule has 0 aliphatic heterocycles. The molecule has 0 saturated heterocycles. The van der Waals surface area contributed by atoms with Gasteiger partial charge in [0.05, 0.1) is 12.1 Å². The van der Waals surface area contributed by atoms with E-state index < -0.39 is 17.7 Å². The first kappa shape index (κ1) is 19.6. The molecule has 0 fully saturated rings. The van der Waals surface area contributed by atoms with Gasteiger partial charge in [-0.05, 0) is 24.6 Å². The number of hydrogen-bond acceptors (Lipinski definition) is 2. The smallest absolute Gasteiger partial charge is 0.417 e. The van der Waals surface area contributed by atoms with E-state index >= 15 is 0 Å². The summed E-state index contributed by atoms with van der Waals surface area (Å²) in [5.74, 6) is -0.0825. The minimum absolute atomic E-state index is 0.0438. The largest absolute Gasteiger partial charge is 0.492 e. The minimum atomic E-state index is -4.61. The van der Waals surface area contributed by atoms with E-state index in [9.17, 15) is 18.0 Å². The van der Waals surface area contributed by atoms with E-state index in [1.54, 1.807) is 18.2 Å². The van der Waals surface area contributed by atoms with Gasteiger partial charge in [-0.3, -0.25) is 4.79 Å². The van der Waals surface area contributed by atoms with Gasteiger partial charge in [-0.15, -0.1) is 0 Å².